The van der Waals surface area contributed by atoms with Gasteiger partial charge < -0.3 is 5.32 Å². The van der Waals surface area contributed by atoms with Gasteiger partial charge in [0.15, 0.2) is 0 Å². The van der Waals surface area contributed by atoms with E-state index in [1.54, 1.807) is 18.8 Å². The van der Waals surface area contributed by atoms with Crippen LogP contribution in [0.3, 0.4) is 0 Å². The number of hydrogen-bond donors (Lipinski definition) is 1. The summed E-state index contributed by atoms with van der Waals surface area (Å²) >= 11 is 1.72. The molecule has 1 N–H and O–H groups in total. The molecular formula is C16H17NOS. The average molecular weight is 271 g/mol. The Morgan fingerprint density at radius 3 is 2.68 bits per heavy atom. The van der Waals surface area contributed by atoms with Gasteiger partial charge in [-0.2, -0.15) is 0 Å². The van der Waals surface area contributed by atoms with Crippen LogP contribution in [-0.2, 0) is 11.2 Å². The van der Waals surface area contributed by atoms with Crippen molar-refractivity contribution in [1.82, 2.24) is 5.32 Å². The fraction of sp³-hybridized carbons (Fsp3) is 0.188. The lowest BCUT2D eigenvalue weighted by molar-refractivity contribution is -0.119. The number of likely N-dealkylation sites (N-methyl/N-ethyl adjacent to an activating group) is 1. The van der Waals surface area contributed by atoms with Crippen molar-refractivity contribution in [2.75, 3.05) is 13.3 Å². The van der Waals surface area contributed by atoms with E-state index in [1.807, 2.05) is 18.2 Å². The van der Waals surface area contributed by atoms with E-state index in [4.69, 9.17) is 0 Å². The van der Waals surface area contributed by atoms with Crippen molar-refractivity contribution >= 4 is 17.7 Å². The third-order valence-electron chi connectivity index (χ3n) is 3.03. The number of amides is 1. The van der Waals surface area contributed by atoms with Crippen LogP contribution in [0.5, 0.6) is 0 Å². The summed E-state index contributed by atoms with van der Waals surface area (Å²) in [6.45, 7) is 0. The molecular weight excluding hydrogens is 254 g/mol. The number of carbonyl (C=O) groups is 1. The van der Waals surface area contributed by atoms with Gasteiger partial charge in [0, 0.05) is 11.9 Å². The highest BCUT2D eigenvalue weighted by Gasteiger charge is 2.08. The second kappa shape index (κ2) is 6.43. The van der Waals surface area contributed by atoms with Crippen molar-refractivity contribution in [2.24, 2.45) is 0 Å². The van der Waals surface area contributed by atoms with E-state index < -0.39 is 0 Å². The Bertz CT molecular complexity index is 580. The van der Waals surface area contributed by atoms with Crippen LogP contribution in [0.1, 0.15) is 5.56 Å². The summed E-state index contributed by atoms with van der Waals surface area (Å²) in [4.78, 5) is 12.8. The molecule has 0 fully saturated rings. The number of hydrogen-bond acceptors (Lipinski definition) is 2. The zero-order chi connectivity index (χ0) is 13.7. The first-order chi connectivity index (χ1) is 9.24. The standard InChI is InChI=1S/C16H17NOS/c1-17-16(18)11-13-6-3-4-9-15(13)12-7-5-8-14(10-12)19-2/h3-10H,11H2,1-2H3,(H,17,18). The molecule has 0 unspecified atom stereocenters. The zero-order valence-electron chi connectivity index (χ0n) is 11.1. The minimum absolute atomic E-state index is 0.0356. The van der Waals surface area contributed by atoms with Crippen LogP contribution < -0.4 is 5.32 Å². The van der Waals surface area contributed by atoms with Gasteiger partial charge in [-0.15, -0.1) is 11.8 Å². The van der Waals surface area contributed by atoms with E-state index in [0.717, 1.165) is 16.7 Å². The zero-order valence-corrected chi connectivity index (χ0v) is 12.0. The van der Waals surface area contributed by atoms with E-state index in [-0.39, 0.29) is 5.91 Å². The Hall–Kier alpha value is -1.74. The molecule has 19 heavy (non-hydrogen) atoms. The lowest BCUT2D eigenvalue weighted by Crippen LogP contribution is -2.20. The predicted octanol–water partition coefficient (Wildman–Crippen LogP) is 3.36. The quantitative estimate of drug-likeness (QED) is 0.864. The maximum atomic E-state index is 11.6. The van der Waals surface area contributed by atoms with Gasteiger partial charge in [-0.25, -0.2) is 0 Å². The van der Waals surface area contributed by atoms with E-state index in [0.29, 0.717) is 6.42 Å². The van der Waals surface area contributed by atoms with Gasteiger partial charge in [-0.3, -0.25) is 4.79 Å². The van der Waals surface area contributed by atoms with Crippen LogP contribution in [0.25, 0.3) is 11.1 Å². The van der Waals surface area contributed by atoms with Crippen LogP contribution in [0, 0.1) is 0 Å². The molecule has 1 amide bonds. The second-order valence-corrected chi connectivity index (χ2v) is 5.12. The Kier molecular flexibility index (Phi) is 4.63. The number of thioether (sulfide) groups is 1. The molecule has 2 aromatic rings. The van der Waals surface area contributed by atoms with E-state index in [1.165, 1.54) is 4.90 Å². The normalized spacial score (nSPS) is 10.2. The molecule has 0 bridgehead atoms. The molecule has 0 aliphatic rings. The molecule has 98 valence electrons. The Balaban J connectivity index is 2.40. The number of benzene rings is 2. The minimum atomic E-state index is 0.0356. The van der Waals surface area contributed by atoms with Crippen molar-refractivity contribution in [3.8, 4) is 11.1 Å². The highest BCUT2D eigenvalue weighted by atomic mass is 32.2. The third kappa shape index (κ3) is 3.38. The van der Waals surface area contributed by atoms with Crippen LogP contribution in [0.4, 0.5) is 0 Å². The van der Waals surface area contributed by atoms with Crippen molar-refractivity contribution in [2.45, 2.75) is 11.3 Å². The van der Waals surface area contributed by atoms with E-state index >= 15 is 0 Å². The first-order valence-electron chi connectivity index (χ1n) is 6.17. The summed E-state index contributed by atoms with van der Waals surface area (Å²) in [5.74, 6) is 0.0356. The van der Waals surface area contributed by atoms with Crippen molar-refractivity contribution in [1.29, 1.82) is 0 Å². The molecule has 0 aromatic heterocycles. The van der Waals surface area contributed by atoms with Crippen LogP contribution in [-0.4, -0.2) is 19.2 Å². The molecule has 0 heterocycles. The summed E-state index contributed by atoms with van der Waals surface area (Å²) in [5.41, 5.74) is 3.34. The number of nitrogens with one attached hydrogen (secondary N) is 1. The average Bonchev–Trinajstić information content (AvgIpc) is 2.47. The maximum absolute atomic E-state index is 11.6. The summed E-state index contributed by atoms with van der Waals surface area (Å²) in [6.07, 6.45) is 2.48. The van der Waals surface area contributed by atoms with Gasteiger partial charge in [-0.05, 0) is 35.1 Å². The third-order valence-corrected chi connectivity index (χ3v) is 3.75. The van der Waals surface area contributed by atoms with Gasteiger partial charge in [0.2, 0.25) is 5.91 Å². The van der Waals surface area contributed by atoms with Crippen molar-refractivity contribution in [3.05, 3.63) is 54.1 Å². The Morgan fingerprint density at radius 2 is 1.95 bits per heavy atom. The molecule has 0 spiro atoms. The van der Waals surface area contributed by atoms with Gasteiger partial charge in [-0.1, -0.05) is 36.4 Å². The lowest BCUT2D eigenvalue weighted by atomic mass is 9.97. The summed E-state index contributed by atoms with van der Waals surface area (Å²) < 4.78 is 0. The molecule has 0 aliphatic carbocycles. The maximum Gasteiger partial charge on any atom is 0.224 e. The smallest absolute Gasteiger partial charge is 0.224 e. The molecule has 2 rings (SSSR count). The molecule has 2 aromatic carbocycles. The van der Waals surface area contributed by atoms with Gasteiger partial charge in [0.25, 0.3) is 0 Å². The molecule has 0 aliphatic heterocycles. The highest BCUT2D eigenvalue weighted by Crippen LogP contribution is 2.27. The van der Waals surface area contributed by atoms with Gasteiger partial charge in [0.1, 0.15) is 0 Å². The first-order valence-corrected chi connectivity index (χ1v) is 7.40. The van der Waals surface area contributed by atoms with Crippen molar-refractivity contribution in [3.63, 3.8) is 0 Å². The first kappa shape index (κ1) is 13.7. The second-order valence-electron chi connectivity index (χ2n) is 4.24. The monoisotopic (exact) mass is 271 g/mol. The molecule has 0 saturated carbocycles. The molecule has 3 heteroatoms. The number of carbonyl (C=O) groups excluding carboxylic acids is 1. The molecule has 0 atom stereocenters. The Labute approximate surface area is 118 Å². The van der Waals surface area contributed by atoms with Gasteiger partial charge >= 0.3 is 0 Å². The summed E-state index contributed by atoms with van der Waals surface area (Å²) in [7, 11) is 1.67. The van der Waals surface area contributed by atoms with Crippen LogP contribution >= 0.6 is 11.8 Å². The van der Waals surface area contributed by atoms with E-state index in [9.17, 15) is 4.79 Å². The summed E-state index contributed by atoms with van der Waals surface area (Å²) in [6, 6.07) is 16.5. The summed E-state index contributed by atoms with van der Waals surface area (Å²) in [5, 5.41) is 2.67. The topological polar surface area (TPSA) is 29.1 Å². The van der Waals surface area contributed by atoms with Gasteiger partial charge in [0.05, 0.1) is 6.42 Å². The SMILES string of the molecule is CNC(=O)Cc1ccccc1-c1cccc(SC)c1. The fourth-order valence-corrected chi connectivity index (χ4v) is 2.47. The van der Waals surface area contributed by atoms with Crippen LogP contribution in [0.2, 0.25) is 0 Å². The van der Waals surface area contributed by atoms with Crippen molar-refractivity contribution < 1.29 is 4.79 Å². The predicted molar refractivity (Wildman–Crippen MR) is 81.4 cm³/mol. The largest absolute Gasteiger partial charge is 0.359 e. The minimum Gasteiger partial charge on any atom is -0.359 e. The Morgan fingerprint density at radius 1 is 1.16 bits per heavy atom. The van der Waals surface area contributed by atoms with E-state index in [2.05, 4.69) is 41.9 Å². The molecule has 0 radical (unpaired) electrons. The highest BCUT2D eigenvalue weighted by molar-refractivity contribution is 7.98. The molecule has 2 nitrogen and oxygen atoms in total. The lowest BCUT2D eigenvalue weighted by Gasteiger charge is -2.10. The molecule has 0 saturated heterocycles. The fourth-order valence-electron chi connectivity index (χ4n) is 2.01. The van der Waals surface area contributed by atoms with Crippen LogP contribution in [0.15, 0.2) is 53.4 Å². The number of rotatable bonds is 4.